The number of nitrogen functional groups attached to an aromatic ring is 1. The summed E-state index contributed by atoms with van der Waals surface area (Å²) >= 11 is 1.87. The quantitative estimate of drug-likeness (QED) is 0.840. The largest absolute Gasteiger partial charge is 0.384 e. The number of hydrogen-bond acceptors (Lipinski definition) is 4. The Labute approximate surface area is 105 Å². The van der Waals surface area contributed by atoms with Gasteiger partial charge in [0.25, 0.3) is 0 Å². The maximum absolute atomic E-state index is 5.62. The van der Waals surface area contributed by atoms with Crippen LogP contribution in [0.5, 0.6) is 0 Å². The Hall–Kier alpha value is -1.55. The topological polar surface area (TPSA) is 42.1 Å². The highest BCUT2D eigenvalue weighted by Gasteiger charge is 2.24. The van der Waals surface area contributed by atoms with Gasteiger partial charge in [0, 0.05) is 11.4 Å². The molecule has 1 atom stereocenters. The average Bonchev–Trinajstić information content (AvgIpc) is 2.80. The number of rotatable bonds is 1. The van der Waals surface area contributed by atoms with Gasteiger partial charge in [0.2, 0.25) is 0 Å². The number of fused-ring (bicyclic) bond motifs is 1. The minimum atomic E-state index is 0.426. The molecule has 3 rings (SSSR count). The van der Waals surface area contributed by atoms with Crippen LogP contribution in [0.3, 0.4) is 0 Å². The molecule has 1 aliphatic heterocycles. The van der Waals surface area contributed by atoms with Crippen molar-refractivity contribution in [2.75, 3.05) is 17.2 Å². The van der Waals surface area contributed by atoms with Gasteiger partial charge >= 0.3 is 0 Å². The van der Waals surface area contributed by atoms with Crippen LogP contribution in [0.15, 0.2) is 29.8 Å². The van der Waals surface area contributed by atoms with Crippen LogP contribution in [0.4, 0.5) is 11.5 Å². The molecule has 17 heavy (non-hydrogen) atoms. The Morgan fingerprint density at radius 3 is 3.06 bits per heavy atom. The molecule has 4 heteroatoms. The van der Waals surface area contributed by atoms with E-state index in [-0.39, 0.29) is 0 Å². The Bertz CT molecular complexity index is 518. The van der Waals surface area contributed by atoms with Gasteiger partial charge in [-0.15, -0.1) is 11.3 Å². The van der Waals surface area contributed by atoms with Crippen molar-refractivity contribution in [1.29, 1.82) is 0 Å². The summed E-state index contributed by atoms with van der Waals surface area (Å²) in [6, 6.07) is 6.58. The average molecular weight is 245 g/mol. The lowest BCUT2D eigenvalue weighted by molar-refractivity contribution is 0.632. The second-order valence-corrected chi connectivity index (χ2v) is 5.36. The van der Waals surface area contributed by atoms with Crippen LogP contribution in [-0.4, -0.2) is 11.5 Å². The first kappa shape index (κ1) is 10.6. The Balaban J connectivity index is 1.93. The molecule has 1 unspecified atom stereocenters. The standard InChI is InChI=1S/C13H15N3S/c1-9-11-5-7-17-12(11)4-6-16(9)10-2-3-13(14)15-8-10/h2-3,5,7-9H,4,6H2,1H3,(H2,14,15). The molecule has 0 aromatic carbocycles. The zero-order valence-corrected chi connectivity index (χ0v) is 10.6. The van der Waals surface area contributed by atoms with Crippen molar-refractivity contribution in [2.24, 2.45) is 0 Å². The van der Waals surface area contributed by atoms with E-state index in [4.69, 9.17) is 5.73 Å². The maximum atomic E-state index is 5.62. The summed E-state index contributed by atoms with van der Waals surface area (Å²) in [6.07, 6.45) is 2.99. The highest BCUT2D eigenvalue weighted by Crippen LogP contribution is 2.35. The molecule has 1 aliphatic rings. The van der Waals surface area contributed by atoms with E-state index >= 15 is 0 Å². The van der Waals surface area contributed by atoms with Crippen LogP contribution in [0, 0.1) is 0 Å². The first-order chi connectivity index (χ1) is 8.25. The van der Waals surface area contributed by atoms with E-state index < -0.39 is 0 Å². The van der Waals surface area contributed by atoms with Gasteiger partial charge in [0.05, 0.1) is 17.9 Å². The van der Waals surface area contributed by atoms with E-state index in [1.54, 1.807) is 0 Å². The van der Waals surface area contributed by atoms with Crippen molar-refractivity contribution in [3.05, 3.63) is 40.2 Å². The Morgan fingerprint density at radius 1 is 1.41 bits per heavy atom. The van der Waals surface area contributed by atoms with Crippen molar-refractivity contribution in [1.82, 2.24) is 4.98 Å². The number of nitrogens with two attached hydrogens (primary N) is 1. The van der Waals surface area contributed by atoms with E-state index in [0.717, 1.165) is 18.7 Å². The predicted molar refractivity (Wildman–Crippen MR) is 72.4 cm³/mol. The Morgan fingerprint density at radius 2 is 2.29 bits per heavy atom. The van der Waals surface area contributed by atoms with Crippen molar-refractivity contribution in [3.8, 4) is 0 Å². The lowest BCUT2D eigenvalue weighted by Gasteiger charge is -2.35. The fraction of sp³-hybridized carbons (Fsp3) is 0.308. The molecule has 0 saturated carbocycles. The summed E-state index contributed by atoms with van der Waals surface area (Å²) in [5.74, 6) is 0.578. The summed E-state index contributed by atoms with van der Waals surface area (Å²) < 4.78 is 0. The monoisotopic (exact) mass is 245 g/mol. The molecule has 3 heterocycles. The normalized spacial score (nSPS) is 19.1. The van der Waals surface area contributed by atoms with E-state index in [9.17, 15) is 0 Å². The van der Waals surface area contributed by atoms with Gasteiger partial charge < -0.3 is 10.6 Å². The van der Waals surface area contributed by atoms with E-state index in [1.807, 2.05) is 23.6 Å². The SMILES string of the molecule is CC1c2ccsc2CCN1c1ccc(N)nc1. The van der Waals surface area contributed by atoms with Crippen LogP contribution in [-0.2, 0) is 6.42 Å². The van der Waals surface area contributed by atoms with Gasteiger partial charge in [-0.05, 0) is 42.5 Å². The molecule has 2 N–H and O–H groups in total. The number of thiophene rings is 1. The zero-order chi connectivity index (χ0) is 11.8. The number of aromatic nitrogens is 1. The molecule has 0 aliphatic carbocycles. The first-order valence-corrected chi connectivity index (χ1v) is 6.68. The highest BCUT2D eigenvalue weighted by molar-refractivity contribution is 7.10. The molecule has 0 amide bonds. The van der Waals surface area contributed by atoms with E-state index in [1.165, 1.54) is 10.4 Å². The Kier molecular flexibility index (Phi) is 2.52. The van der Waals surface area contributed by atoms with Crippen LogP contribution < -0.4 is 10.6 Å². The molecule has 0 bridgehead atoms. The van der Waals surface area contributed by atoms with Crippen molar-refractivity contribution < 1.29 is 0 Å². The molecule has 0 radical (unpaired) electrons. The molecule has 0 saturated heterocycles. The lowest BCUT2D eigenvalue weighted by atomic mass is 10.0. The van der Waals surface area contributed by atoms with E-state index in [0.29, 0.717) is 11.9 Å². The maximum Gasteiger partial charge on any atom is 0.123 e. The minimum Gasteiger partial charge on any atom is -0.384 e. The van der Waals surface area contributed by atoms with E-state index in [2.05, 4.69) is 34.3 Å². The lowest BCUT2D eigenvalue weighted by Crippen LogP contribution is -2.33. The van der Waals surface area contributed by atoms with Gasteiger partial charge in [-0.3, -0.25) is 0 Å². The van der Waals surface area contributed by atoms with Crippen LogP contribution in [0.1, 0.15) is 23.4 Å². The first-order valence-electron chi connectivity index (χ1n) is 5.80. The minimum absolute atomic E-state index is 0.426. The van der Waals surface area contributed by atoms with Crippen molar-refractivity contribution in [3.63, 3.8) is 0 Å². The third-order valence-corrected chi connectivity index (χ3v) is 4.38. The zero-order valence-electron chi connectivity index (χ0n) is 9.76. The second kappa shape index (κ2) is 4.04. The van der Waals surface area contributed by atoms with Gasteiger partial charge in [0.1, 0.15) is 5.82 Å². The fourth-order valence-corrected chi connectivity index (χ4v) is 3.39. The molecular weight excluding hydrogens is 230 g/mol. The highest BCUT2D eigenvalue weighted by atomic mass is 32.1. The smallest absolute Gasteiger partial charge is 0.123 e. The molecular formula is C13H15N3S. The van der Waals surface area contributed by atoms with Gasteiger partial charge in [-0.25, -0.2) is 4.98 Å². The predicted octanol–water partition coefficient (Wildman–Crippen LogP) is 2.85. The molecule has 0 spiro atoms. The molecule has 2 aromatic rings. The van der Waals surface area contributed by atoms with Gasteiger partial charge in [-0.1, -0.05) is 0 Å². The summed E-state index contributed by atoms with van der Waals surface area (Å²) in [5.41, 5.74) is 8.24. The number of hydrogen-bond donors (Lipinski definition) is 1. The van der Waals surface area contributed by atoms with Crippen molar-refractivity contribution in [2.45, 2.75) is 19.4 Å². The van der Waals surface area contributed by atoms with Gasteiger partial charge in [-0.2, -0.15) is 0 Å². The molecule has 3 nitrogen and oxygen atoms in total. The molecule has 88 valence electrons. The fourth-order valence-electron chi connectivity index (χ4n) is 2.43. The second-order valence-electron chi connectivity index (χ2n) is 4.36. The third-order valence-electron chi connectivity index (χ3n) is 3.38. The van der Waals surface area contributed by atoms with Crippen LogP contribution in [0.2, 0.25) is 0 Å². The summed E-state index contributed by atoms with van der Waals surface area (Å²) in [4.78, 5) is 8.09. The number of nitrogens with zero attached hydrogens (tertiary/aromatic N) is 2. The summed E-state index contributed by atoms with van der Waals surface area (Å²) in [6.45, 7) is 3.31. The third kappa shape index (κ3) is 1.78. The van der Waals surface area contributed by atoms with Crippen LogP contribution >= 0.6 is 11.3 Å². The van der Waals surface area contributed by atoms with Crippen molar-refractivity contribution >= 4 is 22.8 Å². The van der Waals surface area contributed by atoms with Gasteiger partial charge in [0.15, 0.2) is 0 Å². The molecule has 0 fully saturated rings. The number of pyridine rings is 1. The summed E-state index contributed by atoms with van der Waals surface area (Å²) in [7, 11) is 0. The molecule has 2 aromatic heterocycles. The summed E-state index contributed by atoms with van der Waals surface area (Å²) in [5, 5.41) is 2.19. The number of anilines is 2. The van der Waals surface area contributed by atoms with Crippen LogP contribution in [0.25, 0.3) is 0 Å².